The maximum absolute atomic E-state index is 4.06. The monoisotopic (exact) mass is 170 g/mol. The van der Waals surface area contributed by atoms with Crippen LogP contribution >= 0.6 is 0 Å². The van der Waals surface area contributed by atoms with Gasteiger partial charge < -0.3 is 0 Å². The number of allylic oxidation sites excluding steroid dienone is 3. The summed E-state index contributed by atoms with van der Waals surface area (Å²) in [6, 6.07) is 8.52. The third kappa shape index (κ3) is 1.23. The molecule has 0 fully saturated rings. The highest BCUT2D eigenvalue weighted by molar-refractivity contribution is 5.78. The minimum Gasteiger partial charge on any atom is -0.0912 e. The second-order valence-corrected chi connectivity index (χ2v) is 3.72. The van der Waals surface area contributed by atoms with Gasteiger partial charge in [-0.3, -0.25) is 0 Å². The average molecular weight is 170 g/mol. The molecule has 0 radical (unpaired) electrons. The van der Waals surface area contributed by atoms with E-state index in [1.807, 2.05) is 0 Å². The van der Waals surface area contributed by atoms with Gasteiger partial charge in [0, 0.05) is 5.92 Å². The Bertz CT molecular complexity index is 383. The predicted molar refractivity (Wildman–Crippen MR) is 57.6 cm³/mol. The van der Waals surface area contributed by atoms with Crippen LogP contribution in [0.15, 0.2) is 42.5 Å². The predicted octanol–water partition coefficient (Wildman–Crippen LogP) is 3.76. The molecule has 1 aromatic rings. The summed E-state index contributed by atoms with van der Waals surface area (Å²) < 4.78 is 0. The molecule has 1 aliphatic carbocycles. The van der Waals surface area contributed by atoms with Gasteiger partial charge in [-0.2, -0.15) is 0 Å². The highest BCUT2D eigenvalue weighted by Gasteiger charge is 2.17. The first-order chi connectivity index (χ1) is 6.20. The van der Waals surface area contributed by atoms with Gasteiger partial charge in [-0.25, -0.2) is 0 Å². The molecular weight excluding hydrogens is 156 g/mol. The molecule has 66 valence electrons. The first-order valence-electron chi connectivity index (χ1n) is 4.66. The normalized spacial score (nSPS) is 20.9. The van der Waals surface area contributed by atoms with Gasteiger partial charge in [-0.05, 0) is 23.6 Å². The van der Waals surface area contributed by atoms with Crippen LogP contribution in [0, 0.1) is 0 Å². The second-order valence-electron chi connectivity index (χ2n) is 3.72. The van der Waals surface area contributed by atoms with E-state index in [4.69, 9.17) is 0 Å². The summed E-state index contributed by atoms with van der Waals surface area (Å²) in [4.78, 5) is 0. The van der Waals surface area contributed by atoms with Crippen molar-refractivity contribution in [2.24, 2.45) is 0 Å². The lowest BCUT2D eigenvalue weighted by molar-refractivity contribution is 0.881. The zero-order valence-corrected chi connectivity index (χ0v) is 8.17. The van der Waals surface area contributed by atoms with Crippen molar-refractivity contribution in [3.63, 3.8) is 0 Å². The van der Waals surface area contributed by atoms with Crippen LogP contribution in [0.3, 0.4) is 0 Å². The Kier molecular flexibility index (Phi) is 1.84. The molecule has 0 bridgehead atoms. The van der Waals surface area contributed by atoms with Crippen LogP contribution in [-0.4, -0.2) is 0 Å². The lowest BCUT2D eigenvalue weighted by Gasteiger charge is -2.22. The molecule has 0 heteroatoms. The Labute approximate surface area is 79.6 Å². The van der Waals surface area contributed by atoms with E-state index in [1.165, 1.54) is 16.7 Å². The summed E-state index contributed by atoms with van der Waals surface area (Å²) in [5, 5.41) is 0. The van der Waals surface area contributed by atoms with Gasteiger partial charge in [-0.15, -0.1) is 0 Å². The molecule has 1 unspecified atom stereocenters. The van der Waals surface area contributed by atoms with Crippen LogP contribution < -0.4 is 0 Å². The number of rotatable bonds is 0. The number of benzene rings is 1. The molecule has 0 amide bonds. The number of hydrogen-bond donors (Lipinski definition) is 0. The van der Waals surface area contributed by atoms with Crippen molar-refractivity contribution < 1.29 is 0 Å². The Morgan fingerprint density at radius 3 is 2.69 bits per heavy atom. The van der Waals surface area contributed by atoms with Gasteiger partial charge in [-0.1, -0.05) is 49.4 Å². The lowest BCUT2D eigenvalue weighted by Crippen LogP contribution is -2.04. The van der Waals surface area contributed by atoms with Crippen molar-refractivity contribution >= 4 is 5.57 Å². The first kappa shape index (κ1) is 8.31. The van der Waals surface area contributed by atoms with E-state index in [9.17, 15) is 0 Å². The fourth-order valence-electron chi connectivity index (χ4n) is 1.89. The number of hydrogen-bond acceptors (Lipinski definition) is 0. The highest BCUT2D eigenvalue weighted by Crippen LogP contribution is 2.35. The van der Waals surface area contributed by atoms with E-state index in [2.05, 4.69) is 50.8 Å². The standard InChI is InChI=1S/C13H14/c1-9-8-10(2)12-6-4-5-7-13(12)11(9)3/h4-8,11H,2H2,1,3H3. The molecule has 0 aliphatic heterocycles. The van der Waals surface area contributed by atoms with E-state index < -0.39 is 0 Å². The first-order valence-corrected chi connectivity index (χ1v) is 4.66. The molecule has 2 rings (SSSR count). The maximum Gasteiger partial charge on any atom is 0.00265 e. The van der Waals surface area contributed by atoms with Crippen molar-refractivity contribution in [1.29, 1.82) is 0 Å². The molecule has 13 heavy (non-hydrogen) atoms. The Morgan fingerprint density at radius 1 is 1.23 bits per heavy atom. The van der Waals surface area contributed by atoms with E-state index in [-0.39, 0.29) is 0 Å². The zero-order chi connectivity index (χ0) is 9.42. The number of fused-ring (bicyclic) bond motifs is 1. The zero-order valence-electron chi connectivity index (χ0n) is 8.17. The van der Waals surface area contributed by atoms with Crippen LogP contribution in [0.4, 0.5) is 0 Å². The molecule has 0 heterocycles. The van der Waals surface area contributed by atoms with Gasteiger partial charge in [0.25, 0.3) is 0 Å². The fourth-order valence-corrected chi connectivity index (χ4v) is 1.89. The summed E-state index contributed by atoms with van der Waals surface area (Å²) in [5.41, 5.74) is 5.27. The highest BCUT2D eigenvalue weighted by atomic mass is 14.2. The maximum atomic E-state index is 4.06. The molecule has 0 saturated heterocycles. The van der Waals surface area contributed by atoms with Gasteiger partial charge >= 0.3 is 0 Å². The van der Waals surface area contributed by atoms with Gasteiger partial charge in [0.1, 0.15) is 0 Å². The third-order valence-corrected chi connectivity index (χ3v) is 2.86. The van der Waals surface area contributed by atoms with Crippen molar-refractivity contribution in [2.45, 2.75) is 19.8 Å². The molecule has 0 nitrogen and oxygen atoms in total. The quantitative estimate of drug-likeness (QED) is 0.556. The van der Waals surface area contributed by atoms with Crippen LogP contribution in [0.2, 0.25) is 0 Å². The van der Waals surface area contributed by atoms with Crippen molar-refractivity contribution in [3.05, 3.63) is 53.6 Å². The molecule has 0 saturated carbocycles. The van der Waals surface area contributed by atoms with E-state index in [0.717, 1.165) is 5.57 Å². The van der Waals surface area contributed by atoms with Crippen molar-refractivity contribution in [1.82, 2.24) is 0 Å². The molecular formula is C13H14. The second kappa shape index (κ2) is 2.88. The average Bonchev–Trinajstić information content (AvgIpc) is 2.15. The summed E-state index contributed by atoms with van der Waals surface area (Å²) in [7, 11) is 0. The molecule has 0 aromatic heterocycles. The smallest absolute Gasteiger partial charge is 0.00265 e. The van der Waals surface area contributed by atoms with Gasteiger partial charge in [0.05, 0.1) is 0 Å². The van der Waals surface area contributed by atoms with Crippen LogP contribution in [0.25, 0.3) is 5.57 Å². The van der Waals surface area contributed by atoms with Gasteiger partial charge in [0.2, 0.25) is 0 Å². The van der Waals surface area contributed by atoms with Crippen LogP contribution in [0.5, 0.6) is 0 Å². The van der Waals surface area contributed by atoms with Crippen LogP contribution in [0.1, 0.15) is 30.9 Å². The van der Waals surface area contributed by atoms with Gasteiger partial charge in [0.15, 0.2) is 0 Å². The molecule has 0 N–H and O–H groups in total. The van der Waals surface area contributed by atoms with E-state index >= 15 is 0 Å². The summed E-state index contributed by atoms with van der Waals surface area (Å²) in [6.07, 6.45) is 2.19. The minimum atomic E-state index is 0.543. The fraction of sp³-hybridized carbons (Fsp3) is 0.231. The Morgan fingerprint density at radius 2 is 1.92 bits per heavy atom. The largest absolute Gasteiger partial charge is 0.0912 e. The van der Waals surface area contributed by atoms with E-state index in [0.29, 0.717) is 5.92 Å². The minimum absolute atomic E-state index is 0.543. The van der Waals surface area contributed by atoms with Crippen molar-refractivity contribution in [2.75, 3.05) is 0 Å². The van der Waals surface area contributed by atoms with Crippen molar-refractivity contribution in [3.8, 4) is 0 Å². The van der Waals surface area contributed by atoms with Crippen LogP contribution in [-0.2, 0) is 0 Å². The molecule has 1 atom stereocenters. The summed E-state index contributed by atoms with van der Waals surface area (Å²) in [5.74, 6) is 0.543. The molecule has 1 aliphatic rings. The molecule has 1 aromatic carbocycles. The molecule has 0 spiro atoms. The lowest BCUT2D eigenvalue weighted by atomic mass is 9.82. The summed E-state index contributed by atoms with van der Waals surface area (Å²) in [6.45, 7) is 8.48. The topological polar surface area (TPSA) is 0 Å². The van der Waals surface area contributed by atoms with E-state index in [1.54, 1.807) is 0 Å². The summed E-state index contributed by atoms with van der Waals surface area (Å²) >= 11 is 0. The third-order valence-electron chi connectivity index (χ3n) is 2.86. The Hall–Kier alpha value is -1.30. The Balaban J connectivity index is 2.62. The SMILES string of the molecule is C=C1C=C(C)C(C)c2ccccc21.